The van der Waals surface area contributed by atoms with Crippen LogP contribution in [0.1, 0.15) is 28.9 Å². The van der Waals surface area contributed by atoms with Gasteiger partial charge in [-0.3, -0.25) is 0 Å². The van der Waals surface area contributed by atoms with E-state index in [0.29, 0.717) is 10.6 Å². The SMILES string of the molecule is CC(OC(=O)c1ccc2cccc(N3CCN(C)CC3)c2c1)c1ccc(Cl)cc1. The van der Waals surface area contributed by atoms with Gasteiger partial charge in [-0.05, 0) is 55.3 Å². The number of anilines is 1. The molecular formula is C24H25ClN2O2. The second-order valence-corrected chi connectivity index (χ2v) is 8.04. The maximum absolute atomic E-state index is 12.8. The maximum atomic E-state index is 12.8. The first kappa shape index (κ1) is 19.7. The molecule has 1 saturated heterocycles. The third-order valence-electron chi connectivity index (χ3n) is 5.56. The van der Waals surface area contributed by atoms with Crippen molar-refractivity contribution in [3.05, 3.63) is 76.8 Å². The minimum atomic E-state index is -0.344. The number of likely N-dealkylation sites (N-methyl/N-ethyl adjacent to an activating group) is 1. The Hall–Kier alpha value is -2.56. The molecule has 1 aliphatic rings. The number of benzene rings is 3. The van der Waals surface area contributed by atoms with E-state index in [0.717, 1.165) is 42.5 Å². The monoisotopic (exact) mass is 408 g/mol. The molecular weight excluding hydrogens is 384 g/mol. The van der Waals surface area contributed by atoms with E-state index in [1.165, 1.54) is 5.69 Å². The van der Waals surface area contributed by atoms with Gasteiger partial charge in [0.05, 0.1) is 5.56 Å². The minimum Gasteiger partial charge on any atom is -0.454 e. The van der Waals surface area contributed by atoms with Crippen molar-refractivity contribution in [2.45, 2.75) is 13.0 Å². The fourth-order valence-corrected chi connectivity index (χ4v) is 3.86. The number of esters is 1. The summed E-state index contributed by atoms with van der Waals surface area (Å²) in [5, 5.41) is 2.88. The number of ether oxygens (including phenoxy) is 1. The van der Waals surface area contributed by atoms with E-state index in [2.05, 4.69) is 35.0 Å². The lowest BCUT2D eigenvalue weighted by Gasteiger charge is -2.34. The molecule has 150 valence electrons. The summed E-state index contributed by atoms with van der Waals surface area (Å²) in [7, 11) is 2.15. The molecule has 1 heterocycles. The number of hydrogen-bond acceptors (Lipinski definition) is 4. The van der Waals surface area contributed by atoms with Gasteiger partial charge in [0, 0.05) is 42.3 Å². The molecule has 29 heavy (non-hydrogen) atoms. The normalized spacial score (nSPS) is 16.0. The fraction of sp³-hybridized carbons (Fsp3) is 0.292. The predicted octanol–water partition coefficient (Wildman–Crippen LogP) is 5.16. The van der Waals surface area contributed by atoms with E-state index in [1.54, 1.807) is 12.1 Å². The van der Waals surface area contributed by atoms with Gasteiger partial charge in [0.15, 0.2) is 0 Å². The Labute approximate surface area is 176 Å². The first-order valence-corrected chi connectivity index (χ1v) is 10.3. The molecule has 0 saturated carbocycles. The van der Waals surface area contributed by atoms with Crippen molar-refractivity contribution < 1.29 is 9.53 Å². The van der Waals surface area contributed by atoms with Gasteiger partial charge in [-0.1, -0.05) is 41.9 Å². The van der Waals surface area contributed by atoms with Crippen molar-refractivity contribution in [3.63, 3.8) is 0 Å². The number of hydrogen-bond donors (Lipinski definition) is 0. The highest BCUT2D eigenvalue weighted by Gasteiger charge is 2.18. The molecule has 3 aromatic carbocycles. The van der Waals surface area contributed by atoms with Gasteiger partial charge in [-0.25, -0.2) is 4.79 Å². The van der Waals surface area contributed by atoms with Gasteiger partial charge in [0.1, 0.15) is 6.10 Å². The molecule has 0 aromatic heterocycles. The predicted molar refractivity (Wildman–Crippen MR) is 119 cm³/mol. The highest BCUT2D eigenvalue weighted by molar-refractivity contribution is 6.30. The van der Waals surface area contributed by atoms with Gasteiger partial charge in [0.25, 0.3) is 0 Å². The van der Waals surface area contributed by atoms with Crippen LogP contribution in [0.25, 0.3) is 10.8 Å². The van der Waals surface area contributed by atoms with Crippen LogP contribution in [0.2, 0.25) is 5.02 Å². The molecule has 4 rings (SSSR count). The molecule has 0 spiro atoms. The summed E-state index contributed by atoms with van der Waals surface area (Å²) >= 11 is 5.95. The molecule has 1 unspecified atom stereocenters. The zero-order valence-corrected chi connectivity index (χ0v) is 17.5. The van der Waals surface area contributed by atoms with Crippen LogP contribution in [0, 0.1) is 0 Å². The van der Waals surface area contributed by atoms with Crippen molar-refractivity contribution in [2.24, 2.45) is 0 Å². The number of carbonyl (C=O) groups is 1. The average Bonchev–Trinajstić information content (AvgIpc) is 2.74. The fourth-order valence-electron chi connectivity index (χ4n) is 3.74. The van der Waals surface area contributed by atoms with E-state index in [1.807, 2.05) is 37.3 Å². The largest absolute Gasteiger partial charge is 0.454 e. The van der Waals surface area contributed by atoms with Crippen molar-refractivity contribution >= 4 is 34.0 Å². The molecule has 5 heteroatoms. The molecule has 1 fully saturated rings. The van der Waals surface area contributed by atoms with Crippen LogP contribution < -0.4 is 4.90 Å². The first-order chi connectivity index (χ1) is 14.0. The molecule has 0 aliphatic carbocycles. The molecule has 0 N–H and O–H groups in total. The topological polar surface area (TPSA) is 32.8 Å². The van der Waals surface area contributed by atoms with Crippen LogP contribution in [0.3, 0.4) is 0 Å². The smallest absolute Gasteiger partial charge is 0.338 e. The Morgan fingerprint density at radius 2 is 1.72 bits per heavy atom. The second-order valence-electron chi connectivity index (χ2n) is 7.60. The number of piperazine rings is 1. The second kappa shape index (κ2) is 8.44. The summed E-state index contributed by atoms with van der Waals surface area (Å²) in [6.45, 7) is 5.92. The van der Waals surface area contributed by atoms with Gasteiger partial charge in [0.2, 0.25) is 0 Å². The summed E-state index contributed by atoms with van der Waals surface area (Å²) in [5.41, 5.74) is 2.66. The Balaban J connectivity index is 1.58. The number of rotatable bonds is 4. The standard InChI is InChI=1S/C24H25ClN2O2/c1-17(18-8-10-21(25)11-9-18)29-24(28)20-7-6-19-4-3-5-23(22(19)16-20)27-14-12-26(2)13-15-27/h3-11,16-17H,12-15H2,1-2H3. The summed E-state index contributed by atoms with van der Waals surface area (Å²) in [6.07, 6.45) is -0.344. The Kier molecular flexibility index (Phi) is 5.74. The molecule has 3 aromatic rings. The van der Waals surface area contributed by atoms with E-state index >= 15 is 0 Å². The molecule has 0 amide bonds. The lowest BCUT2D eigenvalue weighted by molar-refractivity contribution is 0.0338. The number of fused-ring (bicyclic) bond motifs is 1. The third-order valence-corrected chi connectivity index (χ3v) is 5.81. The Morgan fingerprint density at radius 3 is 2.45 bits per heavy atom. The van der Waals surface area contributed by atoms with E-state index in [-0.39, 0.29) is 12.1 Å². The lowest BCUT2D eigenvalue weighted by Crippen LogP contribution is -2.44. The first-order valence-electron chi connectivity index (χ1n) is 9.94. The zero-order valence-electron chi connectivity index (χ0n) is 16.8. The quantitative estimate of drug-likeness (QED) is 0.558. The zero-order chi connectivity index (χ0) is 20.4. The van der Waals surface area contributed by atoms with Gasteiger partial charge >= 0.3 is 5.97 Å². The van der Waals surface area contributed by atoms with Crippen LogP contribution in [0.5, 0.6) is 0 Å². The van der Waals surface area contributed by atoms with Crippen LogP contribution >= 0.6 is 11.6 Å². The third kappa shape index (κ3) is 4.39. The number of carbonyl (C=O) groups excluding carboxylic acids is 1. The Morgan fingerprint density at radius 1 is 1.00 bits per heavy atom. The maximum Gasteiger partial charge on any atom is 0.338 e. The van der Waals surface area contributed by atoms with Crippen LogP contribution in [-0.2, 0) is 4.74 Å². The number of halogens is 1. The van der Waals surface area contributed by atoms with Gasteiger partial charge in [-0.15, -0.1) is 0 Å². The highest BCUT2D eigenvalue weighted by atomic mass is 35.5. The van der Waals surface area contributed by atoms with Crippen molar-refractivity contribution in [2.75, 3.05) is 38.1 Å². The molecule has 1 aliphatic heterocycles. The summed E-state index contributed by atoms with van der Waals surface area (Å²) < 4.78 is 5.71. The van der Waals surface area contributed by atoms with Crippen molar-refractivity contribution in [1.29, 1.82) is 0 Å². The van der Waals surface area contributed by atoms with Crippen LogP contribution in [0.4, 0.5) is 5.69 Å². The summed E-state index contributed by atoms with van der Waals surface area (Å²) in [5.74, 6) is -0.317. The van der Waals surface area contributed by atoms with Crippen molar-refractivity contribution in [1.82, 2.24) is 4.90 Å². The van der Waals surface area contributed by atoms with Gasteiger partial charge < -0.3 is 14.5 Å². The van der Waals surface area contributed by atoms with E-state index in [9.17, 15) is 4.79 Å². The summed E-state index contributed by atoms with van der Waals surface area (Å²) in [6, 6.07) is 19.5. The number of nitrogens with zero attached hydrogens (tertiary/aromatic N) is 2. The highest BCUT2D eigenvalue weighted by Crippen LogP contribution is 2.29. The van der Waals surface area contributed by atoms with E-state index in [4.69, 9.17) is 16.3 Å². The minimum absolute atomic E-state index is 0.317. The molecule has 4 nitrogen and oxygen atoms in total. The van der Waals surface area contributed by atoms with Crippen LogP contribution in [-0.4, -0.2) is 44.1 Å². The van der Waals surface area contributed by atoms with Crippen LogP contribution in [0.15, 0.2) is 60.7 Å². The average molecular weight is 409 g/mol. The Bertz CT molecular complexity index is 1010. The molecule has 1 atom stereocenters. The molecule has 0 radical (unpaired) electrons. The summed E-state index contributed by atoms with van der Waals surface area (Å²) in [4.78, 5) is 17.5. The van der Waals surface area contributed by atoms with Crippen molar-refractivity contribution in [3.8, 4) is 0 Å². The lowest BCUT2D eigenvalue weighted by atomic mass is 10.0. The molecule has 0 bridgehead atoms. The van der Waals surface area contributed by atoms with E-state index < -0.39 is 0 Å². The van der Waals surface area contributed by atoms with Gasteiger partial charge in [-0.2, -0.15) is 0 Å².